The molecule has 0 aliphatic rings. The minimum atomic E-state index is -0.336. The molecule has 2 aromatic carbocycles. The number of anilines is 1. The van der Waals surface area contributed by atoms with Gasteiger partial charge in [-0.15, -0.1) is 0 Å². The summed E-state index contributed by atoms with van der Waals surface area (Å²) in [5, 5.41) is 12.2. The van der Waals surface area contributed by atoms with Gasteiger partial charge in [0.1, 0.15) is 11.5 Å². The fourth-order valence-electron chi connectivity index (χ4n) is 1.90. The van der Waals surface area contributed by atoms with E-state index in [4.69, 9.17) is 16.3 Å². The molecular weight excluding hydrogens is 330 g/mol. The van der Waals surface area contributed by atoms with Crippen LogP contribution in [0, 0.1) is 0 Å². The minimum Gasteiger partial charge on any atom is -0.506 e. The Morgan fingerprint density at radius 2 is 1.79 bits per heavy atom. The molecule has 0 saturated carbocycles. The Kier molecular flexibility index (Phi) is 4.58. The van der Waals surface area contributed by atoms with Crippen molar-refractivity contribution in [1.29, 1.82) is 0 Å². The van der Waals surface area contributed by atoms with Crippen molar-refractivity contribution in [3.63, 3.8) is 0 Å². The van der Waals surface area contributed by atoms with Crippen molar-refractivity contribution < 1.29 is 14.6 Å². The van der Waals surface area contributed by atoms with E-state index in [1.807, 2.05) is 0 Å². The zero-order chi connectivity index (χ0) is 16.9. The first kappa shape index (κ1) is 15.8. The largest absolute Gasteiger partial charge is 0.506 e. The van der Waals surface area contributed by atoms with E-state index in [0.717, 1.165) is 0 Å². The van der Waals surface area contributed by atoms with Crippen LogP contribution in [0.25, 0.3) is 0 Å². The number of aromatic hydroxyl groups is 1. The van der Waals surface area contributed by atoms with Crippen molar-refractivity contribution in [2.24, 2.45) is 0 Å². The molecule has 1 aromatic heterocycles. The maximum Gasteiger partial charge on any atom is 0.321 e. The first-order chi connectivity index (χ1) is 11.6. The number of rotatable bonds is 4. The summed E-state index contributed by atoms with van der Waals surface area (Å²) in [6.45, 7) is 0. The van der Waals surface area contributed by atoms with Crippen molar-refractivity contribution in [3.05, 3.63) is 71.5 Å². The number of nitrogens with zero attached hydrogens (tertiary/aromatic N) is 2. The fraction of sp³-hybridized carbons (Fsp3) is 0. The Hall–Kier alpha value is -3.12. The Morgan fingerprint density at radius 3 is 2.46 bits per heavy atom. The van der Waals surface area contributed by atoms with Crippen LogP contribution in [0.15, 0.2) is 60.9 Å². The SMILES string of the molecule is O=C(Nc1ccc(Oc2ncccn2)cc1)c1ccc(O)c(Cl)c1. The number of nitrogens with one attached hydrogen (secondary N) is 1. The van der Waals surface area contributed by atoms with Crippen molar-refractivity contribution in [2.45, 2.75) is 0 Å². The minimum absolute atomic E-state index is 0.0714. The Labute approximate surface area is 142 Å². The maximum absolute atomic E-state index is 12.2. The van der Waals surface area contributed by atoms with Gasteiger partial charge >= 0.3 is 6.01 Å². The smallest absolute Gasteiger partial charge is 0.321 e. The molecule has 0 aliphatic heterocycles. The van der Waals surface area contributed by atoms with E-state index in [1.54, 1.807) is 42.7 Å². The lowest BCUT2D eigenvalue weighted by molar-refractivity contribution is 0.102. The second-order valence-corrected chi connectivity index (χ2v) is 5.19. The highest BCUT2D eigenvalue weighted by Crippen LogP contribution is 2.24. The third-order valence-electron chi connectivity index (χ3n) is 3.07. The van der Waals surface area contributed by atoms with Crippen LogP contribution in [0.1, 0.15) is 10.4 Å². The van der Waals surface area contributed by atoms with Gasteiger partial charge in [0, 0.05) is 23.6 Å². The van der Waals surface area contributed by atoms with Gasteiger partial charge < -0.3 is 15.2 Å². The molecule has 0 fully saturated rings. The van der Waals surface area contributed by atoms with E-state index < -0.39 is 0 Å². The molecule has 120 valence electrons. The van der Waals surface area contributed by atoms with Gasteiger partial charge in [-0.2, -0.15) is 0 Å². The normalized spacial score (nSPS) is 10.2. The van der Waals surface area contributed by atoms with Gasteiger partial charge in [-0.05, 0) is 48.5 Å². The molecule has 3 aromatic rings. The zero-order valence-electron chi connectivity index (χ0n) is 12.3. The predicted molar refractivity (Wildman–Crippen MR) is 89.6 cm³/mol. The number of carbonyl (C=O) groups is 1. The summed E-state index contributed by atoms with van der Waals surface area (Å²) < 4.78 is 5.47. The second-order valence-electron chi connectivity index (χ2n) is 4.78. The number of aromatic nitrogens is 2. The number of phenols is 1. The summed E-state index contributed by atoms with van der Waals surface area (Å²) in [5.74, 6) is 0.140. The molecule has 6 nitrogen and oxygen atoms in total. The molecule has 7 heteroatoms. The molecule has 2 N–H and O–H groups in total. The van der Waals surface area contributed by atoms with Gasteiger partial charge in [-0.25, -0.2) is 9.97 Å². The van der Waals surface area contributed by atoms with Gasteiger partial charge in [-0.3, -0.25) is 4.79 Å². The van der Waals surface area contributed by atoms with Gasteiger partial charge in [0.15, 0.2) is 0 Å². The topological polar surface area (TPSA) is 84.3 Å². The number of hydrogen-bond donors (Lipinski definition) is 2. The summed E-state index contributed by atoms with van der Waals surface area (Å²) in [4.78, 5) is 20.1. The standard InChI is InChI=1S/C17H12ClN3O3/c18-14-10-11(2-7-15(14)22)16(23)21-12-3-5-13(6-4-12)24-17-19-8-1-9-20-17/h1-10,22H,(H,21,23). The Bertz CT molecular complexity index is 855. The molecule has 0 atom stereocenters. The van der Waals surface area contributed by atoms with Crippen LogP contribution in [0.2, 0.25) is 5.02 Å². The molecule has 0 unspecified atom stereocenters. The Balaban J connectivity index is 1.67. The number of phenolic OH excluding ortho intramolecular Hbond substituents is 1. The monoisotopic (exact) mass is 341 g/mol. The molecule has 0 radical (unpaired) electrons. The highest BCUT2D eigenvalue weighted by atomic mass is 35.5. The van der Waals surface area contributed by atoms with E-state index in [-0.39, 0.29) is 22.7 Å². The Morgan fingerprint density at radius 1 is 1.08 bits per heavy atom. The van der Waals surface area contributed by atoms with E-state index in [1.165, 1.54) is 18.2 Å². The van der Waals surface area contributed by atoms with E-state index in [0.29, 0.717) is 17.0 Å². The first-order valence-electron chi connectivity index (χ1n) is 6.96. The van der Waals surface area contributed by atoms with Gasteiger partial charge in [-0.1, -0.05) is 11.6 Å². The number of benzene rings is 2. The number of halogens is 1. The molecule has 0 aliphatic carbocycles. The lowest BCUT2D eigenvalue weighted by Crippen LogP contribution is -2.11. The highest BCUT2D eigenvalue weighted by Gasteiger charge is 2.09. The van der Waals surface area contributed by atoms with Crippen LogP contribution in [0.5, 0.6) is 17.5 Å². The van der Waals surface area contributed by atoms with Crippen LogP contribution >= 0.6 is 11.6 Å². The number of hydrogen-bond acceptors (Lipinski definition) is 5. The maximum atomic E-state index is 12.2. The lowest BCUT2D eigenvalue weighted by Gasteiger charge is -2.07. The number of carbonyl (C=O) groups excluding carboxylic acids is 1. The van der Waals surface area contributed by atoms with E-state index >= 15 is 0 Å². The second kappa shape index (κ2) is 6.97. The van der Waals surface area contributed by atoms with Crippen LogP contribution in [-0.2, 0) is 0 Å². The fourth-order valence-corrected chi connectivity index (χ4v) is 2.08. The molecular formula is C17H12ClN3O3. The van der Waals surface area contributed by atoms with Crippen molar-refractivity contribution in [1.82, 2.24) is 9.97 Å². The van der Waals surface area contributed by atoms with Crippen LogP contribution in [0.3, 0.4) is 0 Å². The van der Waals surface area contributed by atoms with Gasteiger partial charge in [0.05, 0.1) is 5.02 Å². The van der Waals surface area contributed by atoms with Crippen molar-refractivity contribution >= 4 is 23.2 Å². The van der Waals surface area contributed by atoms with Crippen molar-refractivity contribution in [2.75, 3.05) is 5.32 Å². The molecule has 0 bridgehead atoms. The van der Waals surface area contributed by atoms with Crippen LogP contribution in [0.4, 0.5) is 5.69 Å². The molecule has 0 spiro atoms. The lowest BCUT2D eigenvalue weighted by atomic mass is 10.2. The van der Waals surface area contributed by atoms with Gasteiger partial charge in [0.25, 0.3) is 5.91 Å². The average molecular weight is 342 g/mol. The molecule has 1 amide bonds. The van der Waals surface area contributed by atoms with Gasteiger partial charge in [0.2, 0.25) is 0 Å². The predicted octanol–water partition coefficient (Wildman–Crippen LogP) is 3.88. The first-order valence-corrected chi connectivity index (χ1v) is 7.34. The third-order valence-corrected chi connectivity index (χ3v) is 3.38. The summed E-state index contributed by atoms with van der Waals surface area (Å²) in [7, 11) is 0. The van der Waals surface area contributed by atoms with Crippen LogP contribution in [-0.4, -0.2) is 21.0 Å². The zero-order valence-corrected chi connectivity index (χ0v) is 13.1. The number of ether oxygens (including phenoxy) is 1. The molecule has 3 rings (SSSR count). The highest BCUT2D eigenvalue weighted by molar-refractivity contribution is 6.32. The summed E-state index contributed by atoms with van der Waals surface area (Å²) >= 11 is 5.80. The van der Waals surface area contributed by atoms with E-state index in [2.05, 4.69) is 15.3 Å². The molecule has 0 saturated heterocycles. The molecule has 1 heterocycles. The summed E-state index contributed by atoms with van der Waals surface area (Å²) in [5.41, 5.74) is 0.932. The molecule has 24 heavy (non-hydrogen) atoms. The van der Waals surface area contributed by atoms with Crippen LogP contribution < -0.4 is 10.1 Å². The summed E-state index contributed by atoms with van der Waals surface area (Å²) in [6.07, 6.45) is 3.17. The number of amides is 1. The quantitative estimate of drug-likeness (QED) is 0.752. The summed E-state index contributed by atoms with van der Waals surface area (Å²) in [6, 6.07) is 13.0. The van der Waals surface area contributed by atoms with E-state index in [9.17, 15) is 9.90 Å². The van der Waals surface area contributed by atoms with Crippen molar-refractivity contribution in [3.8, 4) is 17.5 Å². The average Bonchev–Trinajstić information content (AvgIpc) is 2.60. The third kappa shape index (κ3) is 3.80.